The molecular formula is C18H17F3N4. The Morgan fingerprint density at radius 2 is 1.72 bits per heavy atom. The van der Waals surface area contributed by atoms with Crippen LogP contribution in [0.1, 0.15) is 29.9 Å². The summed E-state index contributed by atoms with van der Waals surface area (Å²) in [7, 11) is 0. The van der Waals surface area contributed by atoms with E-state index in [1.165, 1.54) is 12.1 Å². The minimum atomic E-state index is -4.28. The average Bonchev–Trinajstić information content (AvgIpc) is 3.10. The molecule has 1 fully saturated rings. The van der Waals surface area contributed by atoms with Gasteiger partial charge in [0, 0.05) is 19.3 Å². The number of fused-ring (bicyclic) bond motifs is 1. The Morgan fingerprint density at radius 3 is 2.40 bits per heavy atom. The van der Waals surface area contributed by atoms with Gasteiger partial charge in [0.25, 0.3) is 0 Å². The number of piperidine rings is 1. The lowest BCUT2D eigenvalue weighted by atomic mass is 9.89. The van der Waals surface area contributed by atoms with Crippen LogP contribution in [-0.4, -0.2) is 28.0 Å². The third-order valence-electron chi connectivity index (χ3n) is 4.84. The molecule has 1 aliphatic heterocycles. The average molecular weight is 346 g/mol. The summed E-state index contributed by atoms with van der Waals surface area (Å²) in [4.78, 5) is 13.9. The van der Waals surface area contributed by atoms with E-state index in [0.29, 0.717) is 0 Å². The molecule has 0 bridgehead atoms. The second-order valence-corrected chi connectivity index (χ2v) is 6.32. The van der Waals surface area contributed by atoms with Gasteiger partial charge in [-0.25, -0.2) is 9.97 Å². The van der Waals surface area contributed by atoms with Crippen molar-refractivity contribution in [3.05, 3.63) is 54.0 Å². The van der Waals surface area contributed by atoms with Crippen LogP contribution >= 0.6 is 0 Å². The van der Waals surface area contributed by atoms with E-state index in [4.69, 9.17) is 0 Å². The molecule has 0 atom stereocenters. The number of rotatable bonds is 2. The molecule has 1 aliphatic rings. The fourth-order valence-electron chi connectivity index (χ4n) is 3.48. The maximum atomic E-state index is 12.7. The molecule has 2 aromatic heterocycles. The number of alkyl halides is 3. The van der Waals surface area contributed by atoms with Gasteiger partial charge in [-0.2, -0.15) is 13.2 Å². The fourth-order valence-corrected chi connectivity index (χ4v) is 3.48. The smallest absolute Gasteiger partial charge is 0.356 e. The topological polar surface area (TPSA) is 44.8 Å². The van der Waals surface area contributed by atoms with Crippen molar-refractivity contribution in [2.75, 3.05) is 18.0 Å². The minimum Gasteiger partial charge on any atom is -0.356 e. The summed E-state index contributed by atoms with van der Waals surface area (Å²) in [5.74, 6) is 1.19. The lowest BCUT2D eigenvalue weighted by Crippen LogP contribution is -2.33. The molecule has 0 amide bonds. The normalized spacial score (nSPS) is 16.5. The third-order valence-corrected chi connectivity index (χ3v) is 4.84. The zero-order valence-corrected chi connectivity index (χ0v) is 13.4. The van der Waals surface area contributed by atoms with Gasteiger partial charge in [-0.3, -0.25) is 0 Å². The standard InChI is InChI=1S/C18H17F3N4/c19-18(20,21)14-3-1-12(2-4-14)13-6-9-25(10-7-13)17-15-5-8-22-16(15)23-11-24-17/h1-5,8,11,13H,6-7,9-10H2,(H,22,23,24). The van der Waals surface area contributed by atoms with E-state index in [1.54, 1.807) is 18.5 Å². The molecule has 3 heterocycles. The van der Waals surface area contributed by atoms with Crippen LogP contribution in [0.3, 0.4) is 0 Å². The largest absolute Gasteiger partial charge is 0.416 e. The maximum Gasteiger partial charge on any atom is 0.416 e. The molecule has 1 N–H and O–H groups in total. The molecule has 4 nitrogen and oxygen atoms in total. The molecule has 130 valence electrons. The highest BCUT2D eigenvalue weighted by Crippen LogP contribution is 2.34. The first-order valence-electron chi connectivity index (χ1n) is 8.22. The number of aromatic amines is 1. The molecule has 4 rings (SSSR count). The highest BCUT2D eigenvalue weighted by molar-refractivity contribution is 5.87. The van der Waals surface area contributed by atoms with Gasteiger partial charge in [-0.05, 0) is 42.5 Å². The first kappa shape index (κ1) is 15.9. The highest BCUT2D eigenvalue weighted by atomic mass is 19.4. The number of aromatic nitrogens is 3. The lowest BCUT2D eigenvalue weighted by molar-refractivity contribution is -0.137. The van der Waals surface area contributed by atoms with Gasteiger partial charge >= 0.3 is 6.18 Å². The van der Waals surface area contributed by atoms with Crippen molar-refractivity contribution in [3.63, 3.8) is 0 Å². The fraction of sp³-hybridized carbons (Fsp3) is 0.333. The molecule has 1 aromatic carbocycles. The zero-order valence-electron chi connectivity index (χ0n) is 13.4. The van der Waals surface area contributed by atoms with Gasteiger partial charge in [-0.1, -0.05) is 12.1 Å². The molecular weight excluding hydrogens is 329 g/mol. The second-order valence-electron chi connectivity index (χ2n) is 6.32. The van der Waals surface area contributed by atoms with Crippen LogP contribution in [0.15, 0.2) is 42.9 Å². The summed E-state index contributed by atoms with van der Waals surface area (Å²) >= 11 is 0. The van der Waals surface area contributed by atoms with Gasteiger partial charge in [0.05, 0.1) is 10.9 Å². The number of anilines is 1. The van der Waals surface area contributed by atoms with Crippen molar-refractivity contribution in [1.82, 2.24) is 15.0 Å². The van der Waals surface area contributed by atoms with E-state index in [0.717, 1.165) is 48.3 Å². The number of hydrogen-bond acceptors (Lipinski definition) is 3. The van der Waals surface area contributed by atoms with Crippen molar-refractivity contribution in [2.24, 2.45) is 0 Å². The van der Waals surface area contributed by atoms with Crippen molar-refractivity contribution in [3.8, 4) is 0 Å². The van der Waals surface area contributed by atoms with Crippen molar-refractivity contribution in [2.45, 2.75) is 24.9 Å². The maximum absolute atomic E-state index is 12.7. The number of halogens is 3. The van der Waals surface area contributed by atoms with Crippen molar-refractivity contribution in [1.29, 1.82) is 0 Å². The monoisotopic (exact) mass is 346 g/mol. The molecule has 0 spiro atoms. The molecule has 7 heteroatoms. The van der Waals surface area contributed by atoms with Crippen LogP contribution < -0.4 is 4.90 Å². The number of nitrogens with zero attached hydrogens (tertiary/aromatic N) is 3. The van der Waals surface area contributed by atoms with Gasteiger partial charge in [0.2, 0.25) is 0 Å². The minimum absolute atomic E-state index is 0.280. The summed E-state index contributed by atoms with van der Waals surface area (Å²) in [5.41, 5.74) is 1.20. The molecule has 0 radical (unpaired) electrons. The van der Waals surface area contributed by atoms with Gasteiger partial charge in [0.1, 0.15) is 17.8 Å². The van der Waals surface area contributed by atoms with Crippen LogP contribution in [0, 0.1) is 0 Å². The van der Waals surface area contributed by atoms with E-state index in [9.17, 15) is 13.2 Å². The Balaban J connectivity index is 1.47. The third kappa shape index (κ3) is 3.06. The van der Waals surface area contributed by atoms with E-state index in [2.05, 4.69) is 19.9 Å². The summed E-state index contributed by atoms with van der Waals surface area (Å²) in [5, 5.41) is 0.996. The van der Waals surface area contributed by atoms with Gasteiger partial charge < -0.3 is 9.88 Å². The number of H-pyrrole nitrogens is 1. The Kier molecular flexibility index (Phi) is 3.86. The summed E-state index contributed by atoms with van der Waals surface area (Å²) in [6.07, 6.45) is 0.896. The Bertz CT molecular complexity index is 862. The quantitative estimate of drug-likeness (QED) is 0.750. The Morgan fingerprint density at radius 1 is 1.00 bits per heavy atom. The molecule has 1 saturated heterocycles. The van der Waals surface area contributed by atoms with E-state index in [-0.39, 0.29) is 5.92 Å². The SMILES string of the molecule is FC(F)(F)c1ccc(C2CCN(c3ncnc4[nH]ccc34)CC2)cc1. The molecule has 0 unspecified atom stereocenters. The van der Waals surface area contributed by atoms with E-state index < -0.39 is 11.7 Å². The lowest BCUT2D eigenvalue weighted by Gasteiger charge is -2.33. The van der Waals surface area contributed by atoms with E-state index in [1.807, 2.05) is 12.3 Å². The molecule has 25 heavy (non-hydrogen) atoms. The van der Waals surface area contributed by atoms with E-state index >= 15 is 0 Å². The Labute approximate surface area is 142 Å². The molecule has 0 saturated carbocycles. The van der Waals surface area contributed by atoms with Gasteiger partial charge in [-0.15, -0.1) is 0 Å². The first-order valence-corrected chi connectivity index (χ1v) is 8.22. The predicted octanol–water partition coefficient (Wildman–Crippen LogP) is 4.36. The summed E-state index contributed by atoms with van der Waals surface area (Å²) in [6.45, 7) is 1.64. The number of hydrogen-bond donors (Lipinski definition) is 1. The number of benzene rings is 1. The van der Waals surface area contributed by atoms with Crippen LogP contribution in [0.2, 0.25) is 0 Å². The van der Waals surface area contributed by atoms with Crippen LogP contribution in [0.4, 0.5) is 19.0 Å². The predicted molar refractivity (Wildman–Crippen MR) is 89.5 cm³/mol. The van der Waals surface area contributed by atoms with Crippen LogP contribution in [0.5, 0.6) is 0 Å². The van der Waals surface area contributed by atoms with Crippen LogP contribution in [-0.2, 0) is 6.18 Å². The number of nitrogens with one attached hydrogen (secondary N) is 1. The summed E-state index contributed by atoms with van der Waals surface area (Å²) < 4.78 is 38.0. The second kappa shape index (κ2) is 6.06. The first-order chi connectivity index (χ1) is 12.0. The Hall–Kier alpha value is -2.57. The summed E-state index contributed by atoms with van der Waals surface area (Å²) in [6, 6.07) is 7.54. The molecule has 0 aliphatic carbocycles. The zero-order chi connectivity index (χ0) is 17.4. The van der Waals surface area contributed by atoms with Gasteiger partial charge in [0.15, 0.2) is 0 Å². The van der Waals surface area contributed by atoms with Crippen LogP contribution in [0.25, 0.3) is 11.0 Å². The van der Waals surface area contributed by atoms with Crippen molar-refractivity contribution >= 4 is 16.9 Å². The molecule has 3 aromatic rings. The van der Waals surface area contributed by atoms with Crippen molar-refractivity contribution < 1.29 is 13.2 Å². The highest BCUT2D eigenvalue weighted by Gasteiger charge is 2.30.